The van der Waals surface area contributed by atoms with Crippen LogP contribution in [-0.4, -0.2) is 30.9 Å². The first kappa shape index (κ1) is 12.5. The van der Waals surface area contributed by atoms with Gasteiger partial charge in [0.05, 0.1) is 24.8 Å². The molecule has 5 nitrogen and oxygen atoms in total. The van der Waals surface area contributed by atoms with Gasteiger partial charge in [0.25, 0.3) is 0 Å². The van der Waals surface area contributed by atoms with Gasteiger partial charge in [-0.05, 0) is 18.2 Å². The summed E-state index contributed by atoms with van der Waals surface area (Å²) in [5.41, 5.74) is 5.33. The molecule has 1 aromatic carbocycles. The Hall–Kier alpha value is -1.95. The predicted octanol–water partition coefficient (Wildman–Crippen LogP) is 0.234. The molecule has 3 N–H and O–H groups in total. The standard InChI is InChI=1S/C12H13FN2O3/c13-7-1-2-10-8(5-7)12(17)9(3-4-18-10)15-11(16)6-14/h1-2,5,9H,3-4,6,14H2,(H,15,16). The zero-order chi connectivity index (χ0) is 13.1. The number of fused-ring (bicyclic) bond motifs is 1. The van der Waals surface area contributed by atoms with E-state index in [2.05, 4.69) is 5.32 Å². The fourth-order valence-corrected chi connectivity index (χ4v) is 1.82. The third-order valence-corrected chi connectivity index (χ3v) is 2.71. The lowest BCUT2D eigenvalue weighted by molar-refractivity contribution is -0.120. The van der Waals surface area contributed by atoms with Gasteiger partial charge in [-0.15, -0.1) is 0 Å². The van der Waals surface area contributed by atoms with Crippen LogP contribution >= 0.6 is 0 Å². The highest BCUT2D eigenvalue weighted by Gasteiger charge is 2.27. The lowest BCUT2D eigenvalue weighted by atomic mass is 10.0. The number of amides is 1. The molecule has 6 heteroatoms. The van der Waals surface area contributed by atoms with Crippen LogP contribution in [-0.2, 0) is 4.79 Å². The van der Waals surface area contributed by atoms with Gasteiger partial charge in [-0.25, -0.2) is 4.39 Å². The van der Waals surface area contributed by atoms with Gasteiger partial charge in [-0.2, -0.15) is 0 Å². The molecular formula is C12H13FN2O3. The number of carbonyl (C=O) groups excluding carboxylic acids is 2. The first-order valence-corrected chi connectivity index (χ1v) is 5.58. The topological polar surface area (TPSA) is 81.4 Å². The molecule has 0 bridgehead atoms. The van der Waals surface area contributed by atoms with Crippen molar-refractivity contribution in [2.75, 3.05) is 13.2 Å². The van der Waals surface area contributed by atoms with E-state index >= 15 is 0 Å². The predicted molar refractivity (Wildman–Crippen MR) is 61.8 cm³/mol. The monoisotopic (exact) mass is 252 g/mol. The van der Waals surface area contributed by atoms with Crippen molar-refractivity contribution in [3.63, 3.8) is 0 Å². The van der Waals surface area contributed by atoms with E-state index in [1.54, 1.807) is 0 Å². The van der Waals surface area contributed by atoms with E-state index in [-0.39, 0.29) is 24.5 Å². The minimum Gasteiger partial charge on any atom is -0.493 e. The molecule has 1 atom stereocenters. The molecule has 0 aliphatic carbocycles. The molecule has 1 aliphatic heterocycles. The van der Waals surface area contributed by atoms with Crippen molar-refractivity contribution in [2.24, 2.45) is 5.73 Å². The number of carbonyl (C=O) groups is 2. The number of nitrogens with two attached hydrogens (primary N) is 1. The van der Waals surface area contributed by atoms with Crippen molar-refractivity contribution >= 4 is 11.7 Å². The highest BCUT2D eigenvalue weighted by atomic mass is 19.1. The molecule has 1 heterocycles. The fraction of sp³-hybridized carbons (Fsp3) is 0.333. The van der Waals surface area contributed by atoms with E-state index in [1.807, 2.05) is 0 Å². The molecule has 0 aromatic heterocycles. The summed E-state index contributed by atoms with van der Waals surface area (Å²) in [7, 11) is 0. The van der Waals surface area contributed by atoms with Crippen LogP contribution in [0.5, 0.6) is 5.75 Å². The summed E-state index contributed by atoms with van der Waals surface area (Å²) in [5.74, 6) is -0.959. The summed E-state index contributed by atoms with van der Waals surface area (Å²) in [4.78, 5) is 23.4. The molecule has 0 spiro atoms. The van der Waals surface area contributed by atoms with E-state index in [0.29, 0.717) is 12.2 Å². The third-order valence-electron chi connectivity index (χ3n) is 2.71. The van der Waals surface area contributed by atoms with E-state index in [1.165, 1.54) is 12.1 Å². The third kappa shape index (κ3) is 2.48. The highest BCUT2D eigenvalue weighted by molar-refractivity contribution is 6.04. The van der Waals surface area contributed by atoms with Crippen LogP contribution in [0.3, 0.4) is 0 Å². The number of hydrogen-bond donors (Lipinski definition) is 2. The summed E-state index contributed by atoms with van der Waals surface area (Å²) in [6.45, 7) is 0.0839. The summed E-state index contributed by atoms with van der Waals surface area (Å²) in [5, 5.41) is 2.50. The number of ether oxygens (including phenoxy) is 1. The molecular weight excluding hydrogens is 239 g/mol. The van der Waals surface area contributed by atoms with Crippen molar-refractivity contribution < 1.29 is 18.7 Å². The highest BCUT2D eigenvalue weighted by Crippen LogP contribution is 2.25. The quantitative estimate of drug-likeness (QED) is 0.789. The number of nitrogens with one attached hydrogen (secondary N) is 1. The van der Waals surface area contributed by atoms with Gasteiger partial charge in [0.2, 0.25) is 5.91 Å². The number of hydrogen-bond acceptors (Lipinski definition) is 4. The Morgan fingerprint density at radius 2 is 2.33 bits per heavy atom. The second kappa shape index (κ2) is 5.14. The van der Waals surface area contributed by atoms with Crippen molar-refractivity contribution in [2.45, 2.75) is 12.5 Å². The van der Waals surface area contributed by atoms with Crippen molar-refractivity contribution in [1.29, 1.82) is 0 Å². The largest absolute Gasteiger partial charge is 0.493 e. The summed E-state index contributed by atoms with van der Waals surface area (Å²) in [6, 6.07) is 3.04. The van der Waals surface area contributed by atoms with Crippen LogP contribution < -0.4 is 15.8 Å². The van der Waals surface area contributed by atoms with Gasteiger partial charge in [0, 0.05) is 6.42 Å². The Kier molecular flexibility index (Phi) is 3.57. The Balaban J connectivity index is 2.28. The molecule has 2 rings (SSSR count). The zero-order valence-electron chi connectivity index (χ0n) is 9.61. The maximum absolute atomic E-state index is 13.1. The SMILES string of the molecule is NCC(=O)NC1CCOc2ccc(F)cc2C1=O. The zero-order valence-corrected chi connectivity index (χ0v) is 9.61. The van der Waals surface area contributed by atoms with Gasteiger partial charge >= 0.3 is 0 Å². The Labute approximate surface area is 103 Å². The van der Waals surface area contributed by atoms with Crippen LogP contribution in [0.1, 0.15) is 16.8 Å². The van der Waals surface area contributed by atoms with Crippen LogP contribution in [0.4, 0.5) is 4.39 Å². The first-order valence-electron chi connectivity index (χ1n) is 5.58. The molecule has 96 valence electrons. The molecule has 0 fully saturated rings. The van der Waals surface area contributed by atoms with E-state index in [9.17, 15) is 14.0 Å². The second-order valence-electron chi connectivity index (χ2n) is 3.97. The lowest BCUT2D eigenvalue weighted by Crippen LogP contribution is -2.43. The number of benzene rings is 1. The number of ketones is 1. The van der Waals surface area contributed by atoms with Crippen molar-refractivity contribution in [3.8, 4) is 5.75 Å². The van der Waals surface area contributed by atoms with Gasteiger partial charge in [0.15, 0.2) is 5.78 Å². The second-order valence-corrected chi connectivity index (χ2v) is 3.97. The molecule has 0 saturated carbocycles. The minimum absolute atomic E-state index is 0.148. The molecule has 18 heavy (non-hydrogen) atoms. The normalized spacial score (nSPS) is 18.6. The smallest absolute Gasteiger partial charge is 0.234 e. The van der Waals surface area contributed by atoms with Crippen molar-refractivity contribution in [3.05, 3.63) is 29.6 Å². The summed E-state index contributed by atoms with van der Waals surface area (Å²) in [6.07, 6.45) is 0.334. The summed E-state index contributed by atoms with van der Waals surface area (Å²) >= 11 is 0. The lowest BCUT2D eigenvalue weighted by Gasteiger charge is -2.13. The van der Waals surface area contributed by atoms with Gasteiger partial charge in [-0.3, -0.25) is 9.59 Å². The van der Waals surface area contributed by atoms with Crippen molar-refractivity contribution in [1.82, 2.24) is 5.32 Å². The van der Waals surface area contributed by atoms with E-state index in [4.69, 9.17) is 10.5 Å². The summed E-state index contributed by atoms with van der Waals surface area (Å²) < 4.78 is 18.5. The minimum atomic E-state index is -0.718. The Morgan fingerprint density at radius 3 is 3.06 bits per heavy atom. The maximum atomic E-state index is 13.1. The maximum Gasteiger partial charge on any atom is 0.234 e. The number of rotatable bonds is 2. The molecule has 1 aromatic rings. The average Bonchev–Trinajstić information content (AvgIpc) is 2.51. The van der Waals surface area contributed by atoms with Crippen LogP contribution in [0.2, 0.25) is 0 Å². The molecule has 0 radical (unpaired) electrons. The molecule has 1 aliphatic rings. The first-order chi connectivity index (χ1) is 8.61. The Morgan fingerprint density at radius 1 is 1.56 bits per heavy atom. The van der Waals surface area contributed by atoms with Crippen LogP contribution in [0.25, 0.3) is 0 Å². The van der Waals surface area contributed by atoms with Crippen LogP contribution in [0, 0.1) is 5.82 Å². The molecule has 1 amide bonds. The number of halogens is 1. The Bertz CT molecular complexity index is 490. The van der Waals surface area contributed by atoms with Crippen LogP contribution in [0.15, 0.2) is 18.2 Å². The molecule has 0 saturated heterocycles. The van der Waals surface area contributed by atoms with Gasteiger partial charge < -0.3 is 15.8 Å². The van der Waals surface area contributed by atoms with Gasteiger partial charge in [-0.1, -0.05) is 0 Å². The fourth-order valence-electron chi connectivity index (χ4n) is 1.82. The van der Waals surface area contributed by atoms with Gasteiger partial charge in [0.1, 0.15) is 11.6 Å². The van der Waals surface area contributed by atoms with E-state index < -0.39 is 17.8 Å². The average molecular weight is 252 g/mol. The molecule has 1 unspecified atom stereocenters. The van der Waals surface area contributed by atoms with E-state index in [0.717, 1.165) is 6.07 Å². The number of Topliss-reactive ketones (excluding diaryl/α,β-unsaturated/α-hetero) is 1.